The SMILES string of the molecule is CN(C)CCNC(=O)C1(O)c2ccccc2NC(=O)N1c1ccc(Cl)c(Cl)c1. The first-order chi connectivity index (χ1) is 13.2. The van der Waals surface area contributed by atoms with Gasteiger partial charge in [0, 0.05) is 18.7 Å². The number of likely N-dealkylation sites (N-methyl/N-ethyl adjacent to an activating group) is 1. The summed E-state index contributed by atoms with van der Waals surface area (Å²) >= 11 is 12.1. The summed E-state index contributed by atoms with van der Waals surface area (Å²) < 4.78 is 0. The zero-order chi connectivity index (χ0) is 20.5. The van der Waals surface area contributed by atoms with E-state index in [1.807, 2.05) is 19.0 Å². The molecule has 0 bridgehead atoms. The summed E-state index contributed by atoms with van der Waals surface area (Å²) in [6.07, 6.45) is 0. The van der Waals surface area contributed by atoms with Crippen LogP contribution in [-0.4, -0.2) is 49.1 Å². The number of anilines is 2. The van der Waals surface area contributed by atoms with Gasteiger partial charge in [-0.25, -0.2) is 4.79 Å². The highest BCUT2D eigenvalue weighted by atomic mass is 35.5. The summed E-state index contributed by atoms with van der Waals surface area (Å²) in [6, 6.07) is 10.4. The Morgan fingerprint density at radius 1 is 1.21 bits per heavy atom. The molecule has 0 saturated carbocycles. The summed E-state index contributed by atoms with van der Waals surface area (Å²) in [5, 5.41) is 17.4. The Balaban J connectivity index is 2.09. The minimum Gasteiger partial charge on any atom is -0.359 e. The topological polar surface area (TPSA) is 84.9 Å². The van der Waals surface area contributed by atoms with Crippen molar-refractivity contribution in [2.75, 3.05) is 37.4 Å². The Morgan fingerprint density at radius 3 is 2.61 bits per heavy atom. The van der Waals surface area contributed by atoms with Crippen LogP contribution in [0.4, 0.5) is 16.2 Å². The van der Waals surface area contributed by atoms with Gasteiger partial charge in [-0.1, -0.05) is 41.4 Å². The number of halogens is 2. The smallest absolute Gasteiger partial charge is 0.329 e. The van der Waals surface area contributed by atoms with E-state index in [-0.39, 0.29) is 16.3 Å². The Labute approximate surface area is 172 Å². The van der Waals surface area contributed by atoms with E-state index in [4.69, 9.17) is 23.2 Å². The Kier molecular flexibility index (Phi) is 5.81. The molecule has 0 saturated heterocycles. The Bertz CT molecular complexity index is 922. The molecule has 1 atom stereocenters. The first kappa shape index (κ1) is 20.4. The van der Waals surface area contributed by atoms with Gasteiger partial charge in [0.05, 0.1) is 21.4 Å². The van der Waals surface area contributed by atoms with Gasteiger partial charge in [0.1, 0.15) is 0 Å². The highest BCUT2D eigenvalue weighted by molar-refractivity contribution is 6.42. The molecule has 1 aliphatic heterocycles. The van der Waals surface area contributed by atoms with Gasteiger partial charge in [-0.15, -0.1) is 0 Å². The number of hydrogen-bond donors (Lipinski definition) is 3. The molecule has 28 heavy (non-hydrogen) atoms. The van der Waals surface area contributed by atoms with Gasteiger partial charge >= 0.3 is 6.03 Å². The number of urea groups is 1. The van der Waals surface area contributed by atoms with Crippen molar-refractivity contribution in [1.82, 2.24) is 10.2 Å². The fourth-order valence-corrected chi connectivity index (χ4v) is 3.30. The van der Waals surface area contributed by atoms with Crippen molar-refractivity contribution in [3.05, 3.63) is 58.1 Å². The third-order valence-electron chi connectivity index (χ3n) is 4.39. The second-order valence-corrected chi connectivity index (χ2v) is 7.46. The van der Waals surface area contributed by atoms with Crippen molar-refractivity contribution in [3.63, 3.8) is 0 Å². The Hall–Kier alpha value is -2.32. The average molecular weight is 423 g/mol. The van der Waals surface area contributed by atoms with Crippen molar-refractivity contribution >= 4 is 46.5 Å². The highest BCUT2D eigenvalue weighted by Crippen LogP contribution is 2.41. The van der Waals surface area contributed by atoms with Gasteiger partial charge in [-0.3, -0.25) is 9.69 Å². The number of amides is 3. The molecule has 0 spiro atoms. The van der Waals surface area contributed by atoms with E-state index in [9.17, 15) is 14.7 Å². The standard InChI is InChI=1S/C19H20Cl2N4O3/c1-24(2)10-9-22-17(26)19(28)13-5-3-4-6-16(13)23-18(27)25(19)12-7-8-14(20)15(21)11-12/h3-8,11,28H,9-10H2,1-2H3,(H,22,26)(H,23,27). The van der Waals surface area contributed by atoms with Crippen LogP contribution in [0.25, 0.3) is 0 Å². The number of nitrogens with zero attached hydrogens (tertiary/aromatic N) is 2. The lowest BCUT2D eigenvalue weighted by molar-refractivity contribution is -0.140. The van der Waals surface area contributed by atoms with E-state index >= 15 is 0 Å². The predicted octanol–water partition coefficient (Wildman–Crippen LogP) is 2.87. The Morgan fingerprint density at radius 2 is 1.93 bits per heavy atom. The zero-order valence-electron chi connectivity index (χ0n) is 15.4. The van der Waals surface area contributed by atoms with Gasteiger partial charge in [-0.05, 0) is 38.4 Å². The summed E-state index contributed by atoms with van der Waals surface area (Å²) in [5.74, 6) is -0.720. The monoisotopic (exact) mass is 422 g/mol. The van der Waals surface area contributed by atoms with Crippen molar-refractivity contribution in [2.24, 2.45) is 0 Å². The van der Waals surface area contributed by atoms with E-state index in [1.54, 1.807) is 24.3 Å². The molecule has 0 fully saturated rings. The van der Waals surface area contributed by atoms with Crippen LogP contribution >= 0.6 is 23.2 Å². The number of fused-ring (bicyclic) bond motifs is 1. The number of carbonyl (C=O) groups is 2. The summed E-state index contributed by atoms with van der Waals surface area (Å²) in [6.45, 7) is 0.871. The summed E-state index contributed by atoms with van der Waals surface area (Å²) in [4.78, 5) is 28.8. The zero-order valence-corrected chi connectivity index (χ0v) is 16.9. The minimum atomic E-state index is -2.26. The molecule has 148 valence electrons. The van der Waals surface area contributed by atoms with Gasteiger partial charge in [-0.2, -0.15) is 0 Å². The number of benzene rings is 2. The molecule has 1 unspecified atom stereocenters. The first-order valence-electron chi connectivity index (χ1n) is 8.56. The lowest BCUT2D eigenvalue weighted by Crippen LogP contribution is -2.62. The maximum Gasteiger partial charge on any atom is 0.329 e. The molecule has 3 N–H and O–H groups in total. The normalized spacial score (nSPS) is 18.6. The van der Waals surface area contributed by atoms with Crippen molar-refractivity contribution in [1.29, 1.82) is 0 Å². The molecular weight excluding hydrogens is 403 g/mol. The molecule has 1 aliphatic rings. The first-order valence-corrected chi connectivity index (χ1v) is 9.32. The van der Waals surface area contributed by atoms with Crippen LogP contribution in [0.5, 0.6) is 0 Å². The quantitative estimate of drug-likeness (QED) is 0.691. The van der Waals surface area contributed by atoms with Gasteiger partial charge < -0.3 is 20.6 Å². The summed E-state index contributed by atoms with van der Waals surface area (Å²) in [7, 11) is 3.73. The van der Waals surface area contributed by atoms with Crippen LogP contribution in [0.1, 0.15) is 5.56 Å². The fourth-order valence-electron chi connectivity index (χ4n) is 3.00. The maximum atomic E-state index is 13.1. The lowest BCUT2D eigenvalue weighted by Gasteiger charge is -2.42. The van der Waals surface area contributed by atoms with Crippen LogP contribution in [-0.2, 0) is 10.5 Å². The molecule has 3 amide bonds. The fraction of sp³-hybridized carbons (Fsp3) is 0.263. The second kappa shape index (κ2) is 7.97. The van der Waals surface area contributed by atoms with Gasteiger partial charge in [0.25, 0.3) is 11.6 Å². The van der Waals surface area contributed by atoms with E-state index in [1.165, 1.54) is 18.2 Å². The molecule has 9 heteroatoms. The molecule has 1 heterocycles. The number of para-hydroxylation sites is 1. The molecule has 2 aromatic rings. The predicted molar refractivity (Wildman–Crippen MR) is 110 cm³/mol. The van der Waals surface area contributed by atoms with Crippen LogP contribution < -0.4 is 15.5 Å². The third-order valence-corrected chi connectivity index (χ3v) is 5.13. The van der Waals surface area contributed by atoms with E-state index in [0.29, 0.717) is 23.8 Å². The number of hydrogen-bond acceptors (Lipinski definition) is 4. The number of carbonyl (C=O) groups excluding carboxylic acids is 2. The molecule has 0 radical (unpaired) electrons. The van der Waals surface area contributed by atoms with Crippen molar-refractivity contribution < 1.29 is 14.7 Å². The van der Waals surface area contributed by atoms with Gasteiger partial charge in [0.15, 0.2) is 0 Å². The maximum absolute atomic E-state index is 13.1. The molecule has 0 aromatic heterocycles. The van der Waals surface area contributed by atoms with E-state index in [2.05, 4.69) is 10.6 Å². The number of nitrogens with one attached hydrogen (secondary N) is 2. The number of rotatable bonds is 5. The largest absolute Gasteiger partial charge is 0.359 e. The van der Waals surface area contributed by atoms with Crippen molar-refractivity contribution in [2.45, 2.75) is 5.72 Å². The third kappa shape index (κ3) is 3.66. The van der Waals surface area contributed by atoms with Gasteiger partial charge in [0.2, 0.25) is 0 Å². The van der Waals surface area contributed by atoms with E-state index < -0.39 is 17.7 Å². The van der Waals surface area contributed by atoms with Crippen LogP contribution in [0.2, 0.25) is 10.0 Å². The molecule has 2 aromatic carbocycles. The minimum absolute atomic E-state index is 0.196. The van der Waals surface area contributed by atoms with Crippen LogP contribution in [0.15, 0.2) is 42.5 Å². The number of aliphatic hydroxyl groups is 1. The average Bonchev–Trinajstić information content (AvgIpc) is 2.64. The molecule has 0 aliphatic carbocycles. The van der Waals surface area contributed by atoms with E-state index in [0.717, 1.165) is 4.90 Å². The highest BCUT2D eigenvalue weighted by Gasteiger charge is 2.51. The van der Waals surface area contributed by atoms with Crippen LogP contribution in [0, 0.1) is 0 Å². The molecular formula is C19H20Cl2N4O3. The molecule has 3 rings (SSSR count). The summed E-state index contributed by atoms with van der Waals surface area (Å²) in [5.41, 5.74) is -1.42. The lowest BCUT2D eigenvalue weighted by atomic mass is 9.95. The molecule has 7 nitrogen and oxygen atoms in total. The van der Waals surface area contributed by atoms with Crippen molar-refractivity contribution in [3.8, 4) is 0 Å². The second-order valence-electron chi connectivity index (χ2n) is 6.64. The van der Waals surface area contributed by atoms with Crippen LogP contribution in [0.3, 0.4) is 0 Å².